The van der Waals surface area contributed by atoms with Crippen LogP contribution in [0, 0.1) is 5.41 Å². The predicted molar refractivity (Wildman–Crippen MR) is 147 cm³/mol. The molecule has 0 aliphatic heterocycles. The van der Waals surface area contributed by atoms with Crippen LogP contribution < -0.4 is 16.0 Å². The van der Waals surface area contributed by atoms with Crippen molar-refractivity contribution in [3.63, 3.8) is 0 Å². The summed E-state index contributed by atoms with van der Waals surface area (Å²) < 4.78 is 0. The molecule has 3 N–H and O–H groups in total. The van der Waals surface area contributed by atoms with Gasteiger partial charge in [0.05, 0.1) is 0 Å². The van der Waals surface area contributed by atoms with Crippen LogP contribution in [0.4, 0.5) is 17.1 Å². The van der Waals surface area contributed by atoms with Gasteiger partial charge in [-0.25, -0.2) is 0 Å². The molecule has 4 nitrogen and oxygen atoms in total. The minimum absolute atomic E-state index is 0.0373. The van der Waals surface area contributed by atoms with E-state index in [1.165, 1.54) is 0 Å². The number of benzene rings is 2. The Balaban J connectivity index is 0.000000331. The van der Waals surface area contributed by atoms with Crippen molar-refractivity contribution < 1.29 is 4.79 Å². The molecule has 0 amide bonds. The molecule has 2 aromatic carbocycles. The summed E-state index contributed by atoms with van der Waals surface area (Å²) in [6.07, 6.45) is 0. The lowest BCUT2D eigenvalue weighted by molar-refractivity contribution is 0.0858. The van der Waals surface area contributed by atoms with Crippen molar-refractivity contribution in [2.45, 2.75) is 99.7 Å². The Labute approximate surface area is 203 Å². The highest BCUT2D eigenvalue weighted by atomic mass is 16.1. The summed E-state index contributed by atoms with van der Waals surface area (Å²) in [5, 5.41) is 10.3. The summed E-state index contributed by atoms with van der Waals surface area (Å²) in [5.41, 5.74) is 4.07. The molecule has 0 unspecified atom stereocenters. The first kappa shape index (κ1) is 28.5. The molecule has 0 atom stereocenters. The number of anilines is 3. The normalized spacial score (nSPS) is 12.4. The van der Waals surface area contributed by atoms with E-state index in [0.29, 0.717) is 0 Å². The highest BCUT2D eigenvalue weighted by Gasteiger charge is 2.22. The third-order valence-electron chi connectivity index (χ3n) is 4.27. The standard InChI is InChI=1S/C15H23NO.C14H24N2/c1-14(2,3)13(17)11-7-9-12(10-8-11)16-15(4,5)6;1-13(2,3)15-11-7-9-12(10-8-11)16-14(4,5)6/h7-10,16H,1-6H3;7-10,15-16H,1-6H3. The zero-order valence-electron chi connectivity index (χ0n) is 23.0. The Morgan fingerprint density at radius 2 is 0.727 bits per heavy atom. The second-order valence-corrected chi connectivity index (χ2v) is 12.9. The van der Waals surface area contributed by atoms with Crippen LogP contribution in [0.5, 0.6) is 0 Å². The van der Waals surface area contributed by atoms with Gasteiger partial charge in [-0.15, -0.1) is 0 Å². The van der Waals surface area contributed by atoms with E-state index in [0.717, 1.165) is 22.6 Å². The number of nitrogens with one attached hydrogen (secondary N) is 3. The maximum atomic E-state index is 12.0. The van der Waals surface area contributed by atoms with E-state index in [1.807, 2.05) is 45.0 Å². The summed E-state index contributed by atoms with van der Waals surface area (Å²) >= 11 is 0. The molecular formula is C29H47N3O. The summed E-state index contributed by atoms with van der Waals surface area (Å²) in [4.78, 5) is 12.0. The fourth-order valence-electron chi connectivity index (χ4n) is 3.07. The van der Waals surface area contributed by atoms with E-state index < -0.39 is 0 Å². The molecule has 0 radical (unpaired) electrons. The maximum Gasteiger partial charge on any atom is 0.168 e. The molecule has 0 aliphatic carbocycles. The number of hydrogen-bond donors (Lipinski definition) is 3. The average molecular weight is 454 g/mol. The fourth-order valence-corrected chi connectivity index (χ4v) is 3.07. The summed E-state index contributed by atoms with van der Waals surface area (Å²) in [6, 6.07) is 16.1. The summed E-state index contributed by atoms with van der Waals surface area (Å²) in [7, 11) is 0. The number of rotatable bonds is 4. The Morgan fingerprint density at radius 3 is 0.939 bits per heavy atom. The van der Waals surface area contributed by atoms with Gasteiger partial charge < -0.3 is 16.0 Å². The third-order valence-corrected chi connectivity index (χ3v) is 4.27. The minimum atomic E-state index is -0.320. The third kappa shape index (κ3) is 12.4. The molecule has 0 bridgehead atoms. The lowest BCUT2D eigenvalue weighted by Gasteiger charge is -2.24. The van der Waals surface area contributed by atoms with Crippen LogP contribution in [0.1, 0.15) is 93.4 Å². The average Bonchev–Trinajstić information content (AvgIpc) is 2.59. The molecule has 0 aromatic heterocycles. The summed E-state index contributed by atoms with van der Waals surface area (Å²) in [6.45, 7) is 25.1. The molecule has 0 heterocycles. The second kappa shape index (κ2) is 10.6. The van der Waals surface area contributed by atoms with Gasteiger partial charge in [-0.2, -0.15) is 0 Å². The first-order valence-electron chi connectivity index (χ1n) is 11.8. The van der Waals surface area contributed by atoms with Gasteiger partial charge in [-0.3, -0.25) is 4.79 Å². The van der Waals surface area contributed by atoms with E-state index in [1.54, 1.807) is 0 Å². The molecule has 0 fully saturated rings. The van der Waals surface area contributed by atoms with Gasteiger partial charge in [0, 0.05) is 44.7 Å². The zero-order valence-corrected chi connectivity index (χ0v) is 23.0. The van der Waals surface area contributed by atoms with Crippen molar-refractivity contribution in [1.29, 1.82) is 0 Å². The highest BCUT2D eigenvalue weighted by molar-refractivity contribution is 6.00. The minimum Gasteiger partial charge on any atom is -0.380 e. The van der Waals surface area contributed by atoms with Gasteiger partial charge in [-0.1, -0.05) is 20.8 Å². The van der Waals surface area contributed by atoms with E-state index >= 15 is 0 Å². The van der Waals surface area contributed by atoms with Crippen LogP contribution in [0.25, 0.3) is 0 Å². The van der Waals surface area contributed by atoms with Gasteiger partial charge in [0.25, 0.3) is 0 Å². The van der Waals surface area contributed by atoms with Crippen LogP contribution in [0.3, 0.4) is 0 Å². The molecule has 33 heavy (non-hydrogen) atoms. The Morgan fingerprint density at radius 1 is 0.485 bits per heavy atom. The van der Waals surface area contributed by atoms with Crippen molar-refractivity contribution in [1.82, 2.24) is 0 Å². The molecule has 184 valence electrons. The first-order valence-corrected chi connectivity index (χ1v) is 11.8. The second-order valence-electron chi connectivity index (χ2n) is 12.9. The van der Waals surface area contributed by atoms with Crippen molar-refractivity contribution in [2.75, 3.05) is 16.0 Å². The van der Waals surface area contributed by atoms with Gasteiger partial charge >= 0.3 is 0 Å². The lowest BCUT2D eigenvalue weighted by Crippen LogP contribution is -2.27. The Kier molecular flexibility index (Phi) is 9.19. The zero-order chi connectivity index (χ0) is 25.7. The maximum absolute atomic E-state index is 12.0. The van der Waals surface area contributed by atoms with Crippen LogP contribution in [0.2, 0.25) is 0 Å². The fraction of sp³-hybridized carbons (Fsp3) is 0.552. The molecule has 4 heteroatoms. The SMILES string of the molecule is CC(C)(C)Nc1ccc(C(=O)C(C)(C)C)cc1.CC(C)(C)Nc1ccc(NC(C)(C)C)cc1. The van der Waals surface area contributed by atoms with E-state index in [4.69, 9.17) is 0 Å². The van der Waals surface area contributed by atoms with Gasteiger partial charge in [-0.05, 0) is 111 Å². The Bertz CT molecular complexity index is 834. The molecule has 0 saturated carbocycles. The number of ketones is 1. The highest BCUT2D eigenvalue weighted by Crippen LogP contribution is 2.23. The van der Waals surface area contributed by atoms with Crippen LogP contribution in [0.15, 0.2) is 48.5 Å². The quantitative estimate of drug-likeness (QED) is 0.408. The van der Waals surface area contributed by atoms with Crippen LogP contribution >= 0.6 is 0 Å². The van der Waals surface area contributed by atoms with Crippen molar-refractivity contribution in [3.05, 3.63) is 54.1 Å². The van der Waals surface area contributed by atoms with Crippen molar-refractivity contribution in [3.8, 4) is 0 Å². The van der Waals surface area contributed by atoms with Crippen molar-refractivity contribution in [2.24, 2.45) is 5.41 Å². The monoisotopic (exact) mass is 453 g/mol. The number of hydrogen-bond acceptors (Lipinski definition) is 4. The molecule has 0 saturated heterocycles. The topological polar surface area (TPSA) is 53.2 Å². The van der Waals surface area contributed by atoms with Gasteiger partial charge in [0.2, 0.25) is 0 Å². The van der Waals surface area contributed by atoms with E-state index in [2.05, 4.69) is 103 Å². The molecule has 0 aliphatic rings. The van der Waals surface area contributed by atoms with Gasteiger partial charge in [0.1, 0.15) is 0 Å². The molecule has 2 aromatic rings. The van der Waals surface area contributed by atoms with E-state index in [-0.39, 0.29) is 27.8 Å². The number of carbonyl (C=O) groups is 1. The summed E-state index contributed by atoms with van der Waals surface area (Å²) in [5.74, 6) is 0.180. The number of carbonyl (C=O) groups excluding carboxylic acids is 1. The Hall–Kier alpha value is -2.49. The van der Waals surface area contributed by atoms with Gasteiger partial charge in [0.15, 0.2) is 5.78 Å². The molecule has 0 spiro atoms. The smallest absolute Gasteiger partial charge is 0.168 e. The molecule has 2 rings (SSSR count). The lowest BCUT2D eigenvalue weighted by atomic mass is 9.86. The van der Waals surface area contributed by atoms with Crippen LogP contribution in [-0.2, 0) is 0 Å². The van der Waals surface area contributed by atoms with Crippen molar-refractivity contribution >= 4 is 22.8 Å². The molecular weight excluding hydrogens is 406 g/mol. The van der Waals surface area contributed by atoms with E-state index in [9.17, 15) is 4.79 Å². The predicted octanol–water partition coefficient (Wildman–Crippen LogP) is 8.23. The van der Waals surface area contributed by atoms with Crippen LogP contribution in [-0.4, -0.2) is 22.4 Å². The first-order chi connectivity index (χ1) is 14.8. The largest absolute Gasteiger partial charge is 0.380 e. The number of Topliss-reactive ketones (excluding diaryl/α,β-unsaturated/α-hetero) is 1.